The van der Waals surface area contributed by atoms with E-state index in [1.54, 1.807) is 14.2 Å². The van der Waals surface area contributed by atoms with Crippen LogP contribution in [0.4, 0.5) is 0 Å². The van der Waals surface area contributed by atoms with Crippen LogP contribution in [0.1, 0.15) is 19.4 Å². The number of benzene rings is 1. The fraction of sp³-hybridized carbons (Fsp3) is 0.500. The summed E-state index contributed by atoms with van der Waals surface area (Å²) in [6.45, 7) is 4.42. The number of rotatable bonds is 5. The molecule has 0 saturated heterocycles. The Bertz CT molecular complexity index is 281. The van der Waals surface area contributed by atoms with Crippen LogP contribution in [0.2, 0.25) is 5.04 Å². The van der Waals surface area contributed by atoms with E-state index in [4.69, 9.17) is 8.85 Å². The predicted molar refractivity (Wildman–Crippen MR) is 65.4 cm³/mol. The maximum atomic E-state index is 5.45. The van der Waals surface area contributed by atoms with Crippen molar-refractivity contribution in [2.75, 3.05) is 14.2 Å². The normalized spacial score (nSPS) is 12.1. The molecule has 0 fully saturated rings. The van der Waals surface area contributed by atoms with Crippen molar-refractivity contribution in [2.24, 2.45) is 0 Å². The van der Waals surface area contributed by atoms with Crippen LogP contribution in [0, 0.1) is 0 Å². The third kappa shape index (κ3) is 3.45. The molecule has 1 aromatic carbocycles. The maximum Gasteiger partial charge on any atom is 0.327 e. The van der Waals surface area contributed by atoms with E-state index in [1.165, 1.54) is 5.56 Å². The van der Waals surface area contributed by atoms with Crippen molar-refractivity contribution in [3.8, 4) is 0 Å². The van der Waals surface area contributed by atoms with E-state index >= 15 is 0 Å². The molecule has 84 valence electrons. The quantitative estimate of drug-likeness (QED) is 0.716. The lowest BCUT2D eigenvalue weighted by atomic mass is 10.0. The van der Waals surface area contributed by atoms with Gasteiger partial charge in [-0.2, -0.15) is 0 Å². The molecule has 0 bridgehead atoms. The zero-order valence-electron chi connectivity index (χ0n) is 9.99. The molecule has 0 spiro atoms. The van der Waals surface area contributed by atoms with Crippen molar-refractivity contribution in [2.45, 2.75) is 25.3 Å². The zero-order valence-corrected chi connectivity index (χ0v) is 11.1. The highest BCUT2D eigenvalue weighted by molar-refractivity contribution is 6.48. The molecule has 2 nitrogen and oxygen atoms in total. The highest BCUT2D eigenvalue weighted by Crippen LogP contribution is 2.33. The minimum absolute atomic E-state index is 0.116. The molecule has 0 N–H and O–H groups in total. The van der Waals surface area contributed by atoms with Gasteiger partial charge in [-0.25, -0.2) is 0 Å². The van der Waals surface area contributed by atoms with Crippen LogP contribution >= 0.6 is 0 Å². The summed E-state index contributed by atoms with van der Waals surface area (Å²) in [5.74, 6) is 0. The van der Waals surface area contributed by atoms with Gasteiger partial charge >= 0.3 is 9.28 Å². The molecule has 0 amide bonds. The summed E-state index contributed by atoms with van der Waals surface area (Å²) in [6.07, 6.45) is 1.01. The molecule has 0 aliphatic heterocycles. The second kappa shape index (κ2) is 5.44. The molecule has 1 aromatic rings. The van der Waals surface area contributed by atoms with Gasteiger partial charge in [0.15, 0.2) is 0 Å². The monoisotopic (exact) mass is 224 g/mol. The zero-order chi connectivity index (χ0) is 11.3. The second-order valence-corrected chi connectivity index (χ2v) is 7.62. The molecule has 0 radical (unpaired) electrons. The maximum absolute atomic E-state index is 5.45. The number of hydrogen-bond acceptors (Lipinski definition) is 2. The van der Waals surface area contributed by atoms with Gasteiger partial charge < -0.3 is 8.85 Å². The van der Waals surface area contributed by atoms with Crippen molar-refractivity contribution in [1.82, 2.24) is 0 Å². The first-order valence-electron chi connectivity index (χ1n) is 5.19. The Kier molecular flexibility index (Phi) is 4.51. The van der Waals surface area contributed by atoms with E-state index in [2.05, 4.69) is 38.1 Å². The van der Waals surface area contributed by atoms with Gasteiger partial charge in [0.05, 0.1) is 0 Å². The first-order valence-corrected chi connectivity index (χ1v) is 6.71. The summed E-state index contributed by atoms with van der Waals surface area (Å²) in [6, 6.07) is 10.5. The Morgan fingerprint density at radius 3 is 2.07 bits per heavy atom. The van der Waals surface area contributed by atoms with E-state index < -0.39 is 9.28 Å². The third-order valence-corrected chi connectivity index (χ3v) is 4.91. The molecule has 0 aliphatic carbocycles. The second-order valence-electron chi connectivity index (χ2n) is 4.45. The van der Waals surface area contributed by atoms with E-state index in [0.717, 1.165) is 6.42 Å². The summed E-state index contributed by atoms with van der Waals surface area (Å²) in [5.41, 5.74) is 1.34. The minimum Gasteiger partial charge on any atom is -0.400 e. The Morgan fingerprint density at radius 2 is 1.60 bits per heavy atom. The molecule has 0 aliphatic rings. The molecule has 15 heavy (non-hydrogen) atoms. The molecule has 0 aromatic heterocycles. The molecule has 1 rings (SSSR count). The van der Waals surface area contributed by atoms with Crippen LogP contribution in [-0.2, 0) is 15.3 Å². The van der Waals surface area contributed by atoms with Crippen LogP contribution in [0.5, 0.6) is 0 Å². The van der Waals surface area contributed by atoms with Crippen molar-refractivity contribution in [1.29, 1.82) is 0 Å². The van der Waals surface area contributed by atoms with Gasteiger partial charge in [0.25, 0.3) is 0 Å². The van der Waals surface area contributed by atoms with Crippen LogP contribution in [-0.4, -0.2) is 23.5 Å². The van der Waals surface area contributed by atoms with Gasteiger partial charge in [-0.3, -0.25) is 0 Å². The van der Waals surface area contributed by atoms with Crippen molar-refractivity contribution < 1.29 is 8.85 Å². The molecule has 3 heteroatoms. The van der Waals surface area contributed by atoms with Gasteiger partial charge in [-0.1, -0.05) is 44.2 Å². The third-order valence-electron chi connectivity index (χ3n) is 2.57. The average Bonchev–Trinajstić information content (AvgIpc) is 2.19. The largest absolute Gasteiger partial charge is 0.400 e. The first kappa shape index (κ1) is 12.4. The van der Waals surface area contributed by atoms with Gasteiger partial charge in [0, 0.05) is 19.3 Å². The fourth-order valence-electron chi connectivity index (χ4n) is 1.94. The highest BCUT2D eigenvalue weighted by Gasteiger charge is 2.32. The summed E-state index contributed by atoms with van der Waals surface area (Å²) in [7, 11) is 1.92. The van der Waals surface area contributed by atoms with Crippen LogP contribution in [0.15, 0.2) is 30.3 Å². The van der Waals surface area contributed by atoms with Crippen molar-refractivity contribution in [3.05, 3.63) is 35.9 Å². The molecule has 0 saturated carbocycles. The van der Waals surface area contributed by atoms with E-state index in [-0.39, 0.29) is 5.04 Å². The van der Waals surface area contributed by atoms with Crippen molar-refractivity contribution >= 4 is 9.28 Å². The van der Waals surface area contributed by atoms with Gasteiger partial charge in [-0.05, 0) is 12.0 Å². The number of hydrogen-bond donors (Lipinski definition) is 0. The summed E-state index contributed by atoms with van der Waals surface area (Å²) >= 11 is 0. The van der Waals surface area contributed by atoms with E-state index in [1.807, 2.05) is 6.07 Å². The molecule has 0 unspecified atom stereocenters. The van der Waals surface area contributed by atoms with Gasteiger partial charge in [0.2, 0.25) is 0 Å². The van der Waals surface area contributed by atoms with Gasteiger partial charge in [0.1, 0.15) is 0 Å². The topological polar surface area (TPSA) is 18.5 Å². The van der Waals surface area contributed by atoms with Crippen LogP contribution < -0.4 is 0 Å². The van der Waals surface area contributed by atoms with E-state index in [0.29, 0.717) is 0 Å². The molecule has 0 heterocycles. The Labute approximate surface area is 94.1 Å². The van der Waals surface area contributed by atoms with Crippen LogP contribution in [0.25, 0.3) is 0 Å². The Morgan fingerprint density at radius 1 is 1.07 bits per heavy atom. The Balaban J connectivity index is 2.71. The average molecular weight is 224 g/mol. The lowest BCUT2D eigenvalue weighted by Crippen LogP contribution is -2.34. The smallest absolute Gasteiger partial charge is 0.327 e. The molecular formula is C12H20O2Si. The van der Waals surface area contributed by atoms with Gasteiger partial charge in [-0.15, -0.1) is 0 Å². The SMILES string of the molecule is CO[SiH](OC)C(C)(C)Cc1ccccc1. The predicted octanol–water partition coefficient (Wildman–Crippen LogP) is 2.52. The molecular weight excluding hydrogens is 204 g/mol. The minimum atomic E-state index is -1.57. The Hall–Kier alpha value is -0.643. The summed E-state index contributed by atoms with van der Waals surface area (Å²) < 4.78 is 10.9. The summed E-state index contributed by atoms with van der Waals surface area (Å²) in [5, 5.41) is 0.116. The fourth-order valence-corrected chi connectivity index (χ4v) is 3.81. The van der Waals surface area contributed by atoms with Crippen molar-refractivity contribution in [3.63, 3.8) is 0 Å². The van der Waals surface area contributed by atoms with E-state index in [9.17, 15) is 0 Å². The first-order chi connectivity index (χ1) is 7.10. The standard InChI is InChI=1S/C12H20O2Si/c1-12(2,15(13-3)14-4)10-11-8-6-5-7-9-11/h5-9,15H,10H2,1-4H3. The molecule has 0 atom stereocenters. The lowest BCUT2D eigenvalue weighted by molar-refractivity contribution is 0.246. The highest BCUT2D eigenvalue weighted by atomic mass is 28.3. The lowest BCUT2D eigenvalue weighted by Gasteiger charge is -2.30. The summed E-state index contributed by atoms with van der Waals surface area (Å²) in [4.78, 5) is 0. The van der Waals surface area contributed by atoms with Crippen LogP contribution in [0.3, 0.4) is 0 Å².